The van der Waals surface area contributed by atoms with E-state index in [-0.39, 0.29) is 17.0 Å². The van der Waals surface area contributed by atoms with Crippen LogP contribution in [0.1, 0.15) is 52.5 Å². The molecular formula is C22H18ClF3N2OS. The number of fused-ring (bicyclic) bond motifs is 1. The Bertz CT molecular complexity index is 1130. The highest BCUT2D eigenvalue weighted by Crippen LogP contribution is 2.62. The van der Waals surface area contributed by atoms with Crippen molar-refractivity contribution in [2.45, 2.75) is 43.8 Å². The van der Waals surface area contributed by atoms with Crippen molar-refractivity contribution in [1.29, 1.82) is 0 Å². The third kappa shape index (κ3) is 3.58. The van der Waals surface area contributed by atoms with Crippen LogP contribution in [0.3, 0.4) is 0 Å². The van der Waals surface area contributed by atoms with Gasteiger partial charge in [-0.1, -0.05) is 17.7 Å². The average Bonchev–Trinajstić information content (AvgIpc) is 3.04. The molecule has 0 atom stereocenters. The Morgan fingerprint density at radius 2 is 1.90 bits per heavy atom. The molecule has 0 saturated heterocycles. The molecule has 1 N–H and O–H groups in total. The number of benzene rings is 2. The third-order valence-corrected chi connectivity index (χ3v) is 7.65. The Kier molecular flexibility index (Phi) is 4.59. The predicted octanol–water partition coefficient (Wildman–Crippen LogP) is 6.42. The second kappa shape index (κ2) is 6.95. The number of halogens is 4. The van der Waals surface area contributed by atoms with Crippen LogP contribution in [0, 0.1) is 5.41 Å². The van der Waals surface area contributed by atoms with E-state index in [9.17, 15) is 18.0 Å². The van der Waals surface area contributed by atoms with Crippen molar-refractivity contribution < 1.29 is 18.0 Å². The highest BCUT2D eigenvalue weighted by Gasteiger charge is 2.54. The highest BCUT2D eigenvalue weighted by molar-refractivity contribution is 7.18. The summed E-state index contributed by atoms with van der Waals surface area (Å²) >= 11 is 7.75. The first-order valence-corrected chi connectivity index (χ1v) is 10.9. The van der Waals surface area contributed by atoms with E-state index in [2.05, 4.69) is 5.32 Å². The van der Waals surface area contributed by atoms with Gasteiger partial charge in [-0.15, -0.1) is 11.3 Å². The average molecular weight is 451 g/mol. The second-order valence-corrected chi connectivity index (χ2v) is 9.93. The van der Waals surface area contributed by atoms with Crippen molar-refractivity contribution in [1.82, 2.24) is 10.3 Å². The summed E-state index contributed by atoms with van der Waals surface area (Å²) in [4.78, 5) is 17.1. The number of carbonyl (C=O) groups excluding carboxylic acids is 1. The molecule has 0 aliphatic heterocycles. The van der Waals surface area contributed by atoms with Gasteiger partial charge in [-0.2, -0.15) is 13.2 Å². The molecule has 30 heavy (non-hydrogen) atoms. The first-order valence-electron chi connectivity index (χ1n) is 9.75. The Hall–Kier alpha value is -2.12. The lowest BCUT2D eigenvalue weighted by Gasteiger charge is -2.57. The van der Waals surface area contributed by atoms with Crippen molar-refractivity contribution in [3.8, 4) is 0 Å². The van der Waals surface area contributed by atoms with Crippen LogP contribution in [0.25, 0.3) is 10.2 Å². The van der Waals surface area contributed by atoms with Gasteiger partial charge in [-0.3, -0.25) is 4.79 Å². The van der Waals surface area contributed by atoms with E-state index in [0.29, 0.717) is 10.9 Å². The Morgan fingerprint density at radius 3 is 2.63 bits per heavy atom. The molecular weight excluding hydrogens is 433 g/mol. The molecule has 1 spiro atoms. The van der Waals surface area contributed by atoms with Crippen LogP contribution in [-0.4, -0.2) is 16.9 Å². The zero-order valence-electron chi connectivity index (χ0n) is 15.8. The van der Waals surface area contributed by atoms with E-state index in [1.54, 1.807) is 11.3 Å². The topological polar surface area (TPSA) is 42.0 Å². The lowest BCUT2D eigenvalue weighted by molar-refractivity contribution is -0.137. The van der Waals surface area contributed by atoms with Gasteiger partial charge < -0.3 is 5.32 Å². The van der Waals surface area contributed by atoms with E-state index in [1.807, 2.05) is 18.2 Å². The van der Waals surface area contributed by atoms with Gasteiger partial charge >= 0.3 is 6.18 Å². The number of thiazole rings is 1. The van der Waals surface area contributed by atoms with E-state index < -0.39 is 17.6 Å². The minimum absolute atomic E-state index is 0.0159. The fourth-order valence-corrected chi connectivity index (χ4v) is 5.99. The SMILES string of the molecule is O=C(NC1CC2(C1)CC(c1nc3cc(Cl)ccc3s1)C2)c1cccc(C(F)(F)F)c1. The number of nitrogens with one attached hydrogen (secondary N) is 1. The Balaban J connectivity index is 1.17. The normalized spacial score (nSPS) is 25.7. The number of carbonyl (C=O) groups is 1. The van der Waals surface area contributed by atoms with E-state index in [1.165, 1.54) is 12.1 Å². The number of nitrogens with zero attached hydrogens (tertiary/aromatic N) is 1. The van der Waals surface area contributed by atoms with Crippen LogP contribution in [0.5, 0.6) is 0 Å². The summed E-state index contributed by atoms with van der Waals surface area (Å²) < 4.78 is 39.7. The van der Waals surface area contributed by atoms with Gasteiger partial charge in [0.1, 0.15) is 0 Å². The maximum atomic E-state index is 12.8. The van der Waals surface area contributed by atoms with Gasteiger partial charge in [-0.05, 0) is 67.5 Å². The first-order chi connectivity index (χ1) is 14.2. The van der Waals surface area contributed by atoms with Crippen LogP contribution in [0.2, 0.25) is 5.02 Å². The summed E-state index contributed by atoms with van der Waals surface area (Å²) in [5, 5.41) is 4.70. The lowest BCUT2D eigenvalue weighted by atomic mass is 9.50. The molecule has 156 valence electrons. The van der Waals surface area contributed by atoms with Gasteiger partial charge in [0.15, 0.2) is 0 Å². The maximum Gasteiger partial charge on any atom is 0.416 e. The van der Waals surface area contributed by atoms with Gasteiger partial charge in [0.05, 0.1) is 20.8 Å². The van der Waals surface area contributed by atoms with Crippen LogP contribution < -0.4 is 5.32 Å². The van der Waals surface area contributed by atoms with Gasteiger partial charge in [0.2, 0.25) is 0 Å². The molecule has 0 unspecified atom stereocenters. The molecule has 0 radical (unpaired) electrons. The first kappa shape index (κ1) is 19.8. The number of alkyl halides is 3. The summed E-state index contributed by atoms with van der Waals surface area (Å²) in [7, 11) is 0. The van der Waals surface area contributed by atoms with Gasteiger partial charge in [0, 0.05) is 22.5 Å². The summed E-state index contributed by atoms with van der Waals surface area (Å²) in [6.07, 6.45) is -0.646. The highest BCUT2D eigenvalue weighted by atomic mass is 35.5. The number of rotatable bonds is 3. The van der Waals surface area contributed by atoms with Crippen LogP contribution in [-0.2, 0) is 6.18 Å². The molecule has 3 nitrogen and oxygen atoms in total. The fraction of sp³-hybridized carbons (Fsp3) is 0.364. The molecule has 1 amide bonds. The van der Waals surface area contributed by atoms with Crippen LogP contribution in [0.4, 0.5) is 13.2 Å². The van der Waals surface area contributed by atoms with Crippen LogP contribution >= 0.6 is 22.9 Å². The predicted molar refractivity (Wildman–Crippen MR) is 111 cm³/mol. The molecule has 8 heteroatoms. The van der Waals surface area contributed by atoms with E-state index >= 15 is 0 Å². The number of amides is 1. The molecule has 2 aliphatic rings. The molecule has 2 fully saturated rings. The van der Waals surface area contributed by atoms with Gasteiger partial charge in [-0.25, -0.2) is 4.98 Å². The van der Waals surface area contributed by atoms with Gasteiger partial charge in [0.25, 0.3) is 5.91 Å². The smallest absolute Gasteiger partial charge is 0.349 e. The Labute approximate surface area is 180 Å². The zero-order chi connectivity index (χ0) is 21.1. The summed E-state index contributed by atoms with van der Waals surface area (Å²) in [5.41, 5.74) is 0.402. The standard InChI is InChI=1S/C22H18ClF3N2OS/c23-15-4-5-18-17(7-15)28-20(30-18)13-8-21(9-13)10-16(11-21)27-19(29)12-2-1-3-14(6-12)22(24,25)26/h1-7,13,16H,8-11H2,(H,27,29). The van der Waals surface area contributed by atoms with Crippen molar-refractivity contribution in [3.05, 3.63) is 63.6 Å². The van der Waals surface area contributed by atoms with Crippen LogP contribution in [0.15, 0.2) is 42.5 Å². The molecule has 2 saturated carbocycles. The van der Waals surface area contributed by atoms with Crippen molar-refractivity contribution >= 4 is 39.1 Å². The van der Waals surface area contributed by atoms with E-state index in [4.69, 9.17) is 16.6 Å². The minimum Gasteiger partial charge on any atom is -0.349 e. The van der Waals surface area contributed by atoms with E-state index in [0.717, 1.165) is 53.0 Å². The quantitative estimate of drug-likeness (QED) is 0.500. The summed E-state index contributed by atoms with van der Waals surface area (Å²) in [6.45, 7) is 0. The molecule has 3 aromatic rings. The number of aromatic nitrogens is 1. The minimum atomic E-state index is -4.45. The second-order valence-electron chi connectivity index (χ2n) is 8.43. The Morgan fingerprint density at radius 1 is 1.13 bits per heavy atom. The molecule has 5 rings (SSSR count). The molecule has 2 aromatic carbocycles. The monoisotopic (exact) mass is 450 g/mol. The molecule has 2 aliphatic carbocycles. The molecule has 1 aromatic heterocycles. The largest absolute Gasteiger partial charge is 0.416 e. The lowest BCUT2D eigenvalue weighted by Crippen LogP contribution is -2.55. The molecule has 1 heterocycles. The molecule has 0 bridgehead atoms. The van der Waals surface area contributed by atoms with Crippen molar-refractivity contribution in [2.24, 2.45) is 5.41 Å². The number of hydrogen-bond donors (Lipinski definition) is 1. The summed E-state index contributed by atoms with van der Waals surface area (Å²) in [6, 6.07) is 10.3. The summed E-state index contributed by atoms with van der Waals surface area (Å²) in [5.74, 6) is -0.0128. The zero-order valence-corrected chi connectivity index (χ0v) is 17.4. The van der Waals surface area contributed by atoms with Crippen molar-refractivity contribution in [3.63, 3.8) is 0 Å². The van der Waals surface area contributed by atoms with Crippen molar-refractivity contribution in [2.75, 3.05) is 0 Å². The maximum absolute atomic E-state index is 12.8. The fourth-order valence-electron chi connectivity index (χ4n) is 4.78. The third-order valence-electron chi connectivity index (χ3n) is 6.22. The number of hydrogen-bond acceptors (Lipinski definition) is 3.